The second-order valence-electron chi connectivity index (χ2n) is 3.20. The van der Waals surface area contributed by atoms with Crippen LogP contribution in [-0.4, -0.2) is 40.4 Å². The predicted octanol–water partition coefficient (Wildman–Crippen LogP) is -0.0659. The van der Waals surface area contributed by atoms with Crippen molar-refractivity contribution < 1.29 is 15.0 Å². The molecule has 0 aliphatic rings. The number of amides is 1. The van der Waals surface area contributed by atoms with Crippen molar-refractivity contribution in [1.82, 2.24) is 10.3 Å². The summed E-state index contributed by atoms with van der Waals surface area (Å²) in [6.07, 6.45) is 2.91. The normalized spacial score (nSPS) is 11.2. The van der Waals surface area contributed by atoms with Crippen LogP contribution in [0.2, 0.25) is 0 Å². The molecule has 1 heterocycles. The number of aliphatic hydroxyl groups excluding tert-OH is 2. The average Bonchev–Trinajstić information content (AvgIpc) is 2.69. The molecule has 1 aromatic rings. The number of hydrogen-bond donors (Lipinski definition) is 3. The van der Waals surface area contributed by atoms with Crippen molar-refractivity contribution in [1.29, 1.82) is 0 Å². The maximum Gasteiger partial charge on any atom is 0.244 e. The molecule has 5 nitrogen and oxygen atoms in total. The molecule has 0 saturated heterocycles. The predicted molar refractivity (Wildman–Crippen MR) is 62.0 cm³/mol. The second-order valence-corrected chi connectivity index (χ2v) is 4.26. The minimum Gasteiger partial charge on any atom is -0.394 e. The number of carbonyl (C=O) groups is 1. The minimum atomic E-state index is -0.616. The number of thiazole rings is 1. The van der Waals surface area contributed by atoms with Crippen molar-refractivity contribution in [3.05, 3.63) is 22.2 Å². The van der Waals surface area contributed by atoms with Gasteiger partial charge < -0.3 is 15.5 Å². The van der Waals surface area contributed by atoms with Crippen LogP contribution >= 0.6 is 11.3 Å². The van der Waals surface area contributed by atoms with Crippen molar-refractivity contribution in [2.45, 2.75) is 13.0 Å². The summed E-state index contributed by atoms with van der Waals surface area (Å²) in [6.45, 7) is 1.31. The van der Waals surface area contributed by atoms with Crippen LogP contribution < -0.4 is 5.32 Å². The molecule has 1 amide bonds. The van der Waals surface area contributed by atoms with Gasteiger partial charge in [-0.25, -0.2) is 4.98 Å². The Labute approximate surface area is 97.5 Å². The molecule has 0 aliphatic heterocycles. The minimum absolute atomic E-state index is 0.286. The quantitative estimate of drug-likeness (QED) is 0.631. The highest BCUT2D eigenvalue weighted by Gasteiger charge is 2.07. The SMILES string of the molecule is Cc1nc(C=CC(=O)NC(CO)CO)cs1. The van der Waals surface area contributed by atoms with Gasteiger partial charge in [-0.05, 0) is 13.0 Å². The van der Waals surface area contributed by atoms with Gasteiger partial charge in [0.05, 0.1) is 30.0 Å². The highest BCUT2D eigenvalue weighted by Crippen LogP contribution is 2.08. The van der Waals surface area contributed by atoms with Gasteiger partial charge in [0.15, 0.2) is 0 Å². The van der Waals surface area contributed by atoms with Crippen molar-refractivity contribution in [3.8, 4) is 0 Å². The van der Waals surface area contributed by atoms with Gasteiger partial charge in [0.25, 0.3) is 0 Å². The number of nitrogens with one attached hydrogen (secondary N) is 1. The van der Waals surface area contributed by atoms with Gasteiger partial charge in [0.1, 0.15) is 0 Å². The first-order valence-corrected chi connectivity index (χ1v) is 5.66. The van der Waals surface area contributed by atoms with Crippen LogP contribution in [0.5, 0.6) is 0 Å². The molecule has 0 saturated carbocycles. The molecule has 0 atom stereocenters. The third-order valence-electron chi connectivity index (χ3n) is 1.83. The van der Waals surface area contributed by atoms with E-state index in [1.54, 1.807) is 6.08 Å². The van der Waals surface area contributed by atoms with E-state index in [1.165, 1.54) is 17.4 Å². The zero-order chi connectivity index (χ0) is 12.0. The first kappa shape index (κ1) is 12.8. The van der Waals surface area contributed by atoms with Crippen molar-refractivity contribution in [2.24, 2.45) is 0 Å². The highest BCUT2D eigenvalue weighted by atomic mass is 32.1. The van der Waals surface area contributed by atoms with E-state index in [2.05, 4.69) is 10.3 Å². The fraction of sp³-hybridized carbons (Fsp3) is 0.400. The van der Waals surface area contributed by atoms with Gasteiger partial charge in [0.2, 0.25) is 5.91 Å². The molecule has 16 heavy (non-hydrogen) atoms. The van der Waals surface area contributed by atoms with E-state index in [9.17, 15) is 4.79 Å². The van der Waals surface area contributed by atoms with E-state index in [-0.39, 0.29) is 19.1 Å². The molecule has 6 heteroatoms. The van der Waals surface area contributed by atoms with E-state index >= 15 is 0 Å². The van der Waals surface area contributed by atoms with Crippen LogP contribution in [0.15, 0.2) is 11.5 Å². The van der Waals surface area contributed by atoms with Gasteiger partial charge in [0, 0.05) is 11.5 Å². The lowest BCUT2D eigenvalue weighted by Gasteiger charge is -2.10. The first-order valence-electron chi connectivity index (χ1n) is 4.78. The van der Waals surface area contributed by atoms with E-state index in [0.717, 1.165) is 10.7 Å². The molecule has 3 N–H and O–H groups in total. The third-order valence-corrected chi connectivity index (χ3v) is 2.62. The Balaban J connectivity index is 2.48. The molecule has 1 aromatic heterocycles. The topological polar surface area (TPSA) is 82.5 Å². The number of rotatable bonds is 5. The molecule has 0 aromatic carbocycles. The Morgan fingerprint density at radius 2 is 2.31 bits per heavy atom. The number of nitrogens with zero attached hydrogens (tertiary/aromatic N) is 1. The smallest absolute Gasteiger partial charge is 0.244 e. The van der Waals surface area contributed by atoms with E-state index in [1.807, 2.05) is 12.3 Å². The molecule has 1 rings (SSSR count). The van der Waals surface area contributed by atoms with Gasteiger partial charge in [-0.3, -0.25) is 4.79 Å². The standard InChI is InChI=1S/C10H14N2O3S/c1-7-11-8(6-16-7)2-3-10(15)12-9(4-13)5-14/h2-3,6,9,13-14H,4-5H2,1H3,(H,12,15). The number of carbonyl (C=O) groups excluding carboxylic acids is 1. The Morgan fingerprint density at radius 3 is 2.81 bits per heavy atom. The summed E-state index contributed by atoms with van der Waals surface area (Å²) in [4.78, 5) is 15.5. The molecule has 0 fully saturated rings. The fourth-order valence-corrected chi connectivity index (χ4v) is 1.60. The number of aryl methyl sites for hydroxylation is 1. The van der Waals surface area contributed by atoms with Gasteiger partial charge >= 0.3 is 0 Å². The Bertz CT molecular complexity index is 372. The lowest BCUT2D eigenvalue weighted by Crippen LogP contribution is -2.39. The summed E-state index contributed by atoms with van der Waals surface area (Å²) in [5.41, 5.74) is 0.724. The lowest BCUT2D eigenvalue weighted by molar-refractivity contribution is -0.117. The van der Waals surface area contributed by atoms with Crippen LogP contribution in [0.4, 0.5) is 0 Å². The van der Waals surface area contributed by atoms with E-state index in [4.69, 9.17) is 10.2 Å². The van der Waals surface area contributed by atoms with Crippen LogP contribution in [0.3, 0.4) is 0 Å². The van der Waals surface area contributed by atoms with Crippen molar-refractivity contribution in [3.63, 3.8) is 0 Å². The molecule has 0 spiro atoms. The Hall–Kier alpha value is -1.24. The molecule has 0 aliphatic carbocycles. The maximum absolute atomic E-state index is 11.3. The third kappa shape index (κ3) is 4.09. The summed E-state index contributed by atoms with van der Waals surface area (Å²) >= 11 is 1.50. The molecular formula is C10H14N2O3S. The van der Waals surface area contributed by atoms with Gasteiger partial charge in [-0.2, -0.15) is 0 Å². The zero-order valence-corrected chi connectivity index (χ0v) is 9.70. The Morgan fingerprint density at radius 1 is 1.62 bits per heavy atom. The van der Waals surface area contributed by atoms with E-state index in [0.29, 0.717) is 0 Å². The van der Waals surface area contributed by atoms with Crippen molar-refractivity contribution in [2.75, 3.05) is 13.2 Å². The van der Waals surface area contributed by atoms with Crippen LogP contribution in [0.1, 0.15) is 10.7 Å². The van der Waals surface area contributed by atoms with Crippen molar-refractivity contribution >= 4 is 23.3 Å². The molecule has 88 valence electrons. The number of aliphatic hydroxyl groups is 2. The van der Waals surface area contributed by atoms with Crippen LogP contribution in [0, 0.1) is 6.92 Å². The first-order chi connectivity index (χ1) is 7.65. The summed E-state index contributed by atoms with van der Waals surface area (Å²) in [5, 5.41) is 22.7. The molecule has 0 bridgehead atoms. The van der Waals surface area contributed by atoms with Crippen LogP contribution in [0.25, 0.3) is 6.08 Å². The summed E-state index contributed by atoms with van der Waals surface area (Å²) in [6, 6.07) is -0.616. The highest BCUT2D eigenvalue weighted by molar-refractivity contribution is 7.09. The summed E-state index contributed by atoms with van der Waals surface area (Å²) in [7, 11) is 0. The fourth-order valence-electron chi connectivity index (χ4n) is 1.02. The largest absolute Gasteiger partial charge is 0.394 e. The van der Waals surface area contributed by atoms with E-state index < -0.39 is 6.04 Å². The van der Waals surface area contributed by atoms with Crippen LogP contribution in [-0.2, 0) is 4.79 Å². The summed E-state index contributed by atoms with van der Waals surface area (Å²) in [5.74, 6) is -0.362. The monoisotopic (exact) mass is 242 g/mol. The second kappa shape index (κ2) is 6.37. The summed E-state index contributed by atoms with van der Waals surface area (Å²) < 4.78 is 0. The number of hydrogen-bond acceptors (Lipinski definition) is 5. The molecular weight excluding hydrogens is 228 g/mol. The average molecular weight is 242 g/mol. The maximum atomic E-state index is 11.3. The lowest BCUT2D eigenvalue weighted by atomic mass is 10.3. The molecule has 0 unspecified atom stereocenters. The van der Waals surface area contributed by atoms with Gasteiger partial charge in [-0.1, -0.05) is 0 Å². The molecule has 0 radical (unpaired) electrons. The Kier molecular flexibility index (Phi) is 5.10. The number of aromatic nitrogens is 1. The zero-order valence-electron chi connectivity index (χ0n) is 8.88. The van der Waals surface area contributed by atoms with Gasteiger partial charge in [-0.15, -0.1) is 11.3 Å².